The molecule has 0 radical (unpaired) electrons. The Morgan fingerprint density at radius 1 is 0.539 bits per heavy atom. The van der Waals surface area contributed by atoms with Crippen molar-refractivity contribution in [1.82, 2.24) is 71.3 Å². The molecule has 0 spiro atoms. The van der Waals surface area contributed by atoms with Crippen molar-refractivity contribution in [2.75, 3.05) is 132 Å². The number of aliphatic imine (C=N–C) groups is 1. The topological polar surface area (TPSA) is 426 Å². The molecule has 3 heterocycles. The molecule has 644 valence electrons. The van der Waals surface area contributed by atoms with E-state index >= 15 is 0 Å². The number of fused-ring (bicyclic) bond motifs is 1. The first-order valence-corrected chi connectivity index (χ1v) is 40.8. The zero-order chi connectivity index (χ0) is 85.7. The third kappa shape index (κ3) is 38.0. The maximum Gasteiger partial charge on any atom is 0.325 e. The molecule has 2 aliphatic rings. The second kappa shape index (κ2) is 44.8. The van der Waals surface area contributed by atoms with Crippen LogP contribution in [0.4, 0.5) is 0 Å². The van der Waals surface area contributed by atoms with Crippen molar-refractivity contribution < 1.29 is 94.3 Å². The lowest BCUT2D eigenvalue weighted by molar-refractivity contribution is -0.158. The van der Waals surface area contributed by atoms with Crippen molar-refractivity contribution in [3.05, 3.63) is 53.2 Å². The molecule has 0 saturated carbocycles. The van der Waals surface area contributed by atoms with Crippen LogP contribution in [0.25, 0.3) is 10.9 Å². The van der Waals surface area contributed by atoms with Gasteiger partial charge in [-0.05, 0) is 191 Å². The fourth-order valence-electron chi connectivity index (χ4n) is 12.2. The third-order valence-electron chi connectivity index (χ3n) is 17.2. The fraction of sp³-hybridized carbons (Fsp3) is 0.684. The van der Waals surface area contributed by atoms with Gasteiger partial charge in [-0.1, -0.05) is 0 Å². The van der Waals surface area contributed by atoms with Crippen LogP contribution in [-0.2, 0) is 92.9 Å². The molecule has 1 saturated heterocycles. The van der Waals surface area contributed by atoms with Gasteiger partial charge in [0.1, 0.15) is 51.9 Å². The summed E-state index contributed by atoms with van der Waals surface area (Å²) in [6, 6.07) is 3.65. The Kier molecular flexibility index (Phi) is 37.6. The van der Waals surface area contributed by atoms with E-state index in [1.165, 1.54) is 12.1 Å². The first-order valence-electron chi connectivity index (χ1n) is 39.3. The number of amides is 5. The largest absolute Gasteiger partial charge is 0.494 e. The number of ether oxygens (including phenoxy) is 7. The van der Waals surface area contributed by atoms with Gasteiger partial charge in [0, 0.05) is 128 Å². The number of benzene rings is 2. The lowest BCUT2D eigenvalue weighted by Crippen LogP contribution is -2.56. The molecule has 2 aromatic carbocycles. The molecule has 2 aliphatic heterocycles. The number of nitrogens with one attached hydrogen (secondary N) is 8. The summed E-state index contributed by atoms with van der Waals surface area (Å²) >= 11 is 0. The summed E-state index contributed by atoms with van der Waals surface area (Å²) in [5.74, 6) is -5.93. The second-order valence-electron chi connectivity index (χ2n) is 33.6. The summed E-state index contributed by atoms with van der Waals surface area (Å²) in [4.78, 5) is 161. The first kappa shape index (κ1) is 96.5. The summed E-state index contributed by atoms with van der Waals surface area (Å²) < 4.78 is 71.3. The van der Waals surface area contributed by atoms with Gasteiger partial charge in [0.05, 0.1) is 56.5 Å². The first-order chi connectivity index (χ1) is 53.6. The highest BCUT2D eigenvalue weighted by atomic mass is 32.2. The summed E-state index contributed by atoms with van der Waals surface area (Å²) in [7, 11) is -3.33. The lowest BCUT2D eigenvalue weighted by Gasteiger charge is -2.34. The number of carbonyl (C=O) groups excluding carboxylic acids is 11. The molecular formula is C79H127N15O20S. The van der Waals surface area contributed by atoms with Crippen LogP contribution >= 0.6 is 0 Å². The Bertz CT molecular complexity index is 3880. The Hall–Kier alpha value is -9.10. The highest BCUT2D eigenvalue weighted by Gasteiger charge is 2.34. The minimum atomic E-state index is -4.43. The number of carbonyl (C=O) groups is 11. The number of aromatic nitrogens is 2. The minimum Gasteiger partial charge on any atom is -0.494 e. The summed E-state index contributed by atoms with van der Waals surface area (Å²) in [5, 5.41) is 25.2. The Morgan fingerprint density at radius 3 is 1.50 bits per heavy atom. The molecule has 3 aromatic rings. The zero-order valence-corrected chi connectivity index (χ0v) is 71.5. The normalized spacial score (nSPS) is 15.6. The monoisotopic (exact) mass is 1640 g/mol. The minimum absolute atomic E-state index is 0.0275. The van der Waals surface area contributed by atoms with Crippen molar-refractivity contribution in [2.45, 2.75) is 227 Å². The number of hydrogen-bond donors (Lipinski definition) is 8. The van der Waals surface area contributed by atoms with Crippen molar-refractivity contribution in [2.24, 2.45) is 4.99 Å². The van der Waals surface area contributed by atoms with Crippen LogP contribution in [0.2, 0.25) is 0 Å². The SMILES string of the molecule is COC(=O)C(CNC(=O)c1ccc2c(cnn2CCCNC2=NCCCN2)c1)NS(=O)(=O)c1c(C)cc(OCCCC(=O)NCCNC(=O)C(CCC(=O)OC(C)(C)C)NC(=O)[C@H](CCC(=O)OC(C)(C)C)NC(=O)CN2CCN(CC(=O)OC(C)(C)C)CCN(CC(=O)OC(C)(C)C)CCN(CC(=O)OC(C)(C)C)CC2)cc1C. The standard InChI is InChI=1S/C79H127N15O20S/c1-53-44-57(45-54(2)69(53)115(106,107)89-60(73(105)108-18)48-85-70(102)55-23-26-61-56(46-55)47-86-94(61)34-21-31-84-74-82-29-20-30-83-74)109-43-19-22-62(95)80-32-33-81-71(103)58(24-27-64(97)110-75(3,4)5)88-72(104)59(25-28-65(98)111-76(6,7)8)87-63(96)49-90-35-37-91(50-66(99)112-77(9,10)11)39-41-93(52-68(101)114-79(15,16)17)42-40-92(38-36-90)51-67(100)113-78(12,13)14/h23,26,44-47,58-60,89H,19-22,24-25,27-43,48-52H2,1-18H3,(H,80,95)(H,81,103)(H,85,102)(H,87,96)(H,88,104)(H2,82,83,84)/t58?,59-,60?/m0/s1. The van der Waals surface area contributed by atoms with Crippen LogP contribution < -0.4 is 46.7 Å². The molecule has 5 rings (SSSR count). The number of hydrogen-bond acceptors (Lipinski definition) is 28. The van der Waals surface area contributed by atoms with Crippen LogP contribution in [0, 0.1) is 13.8 Å². The van der Waals surface area contributed by atoms with Gasteiger partial charge in [0.2, 0.25) is 33.7 Å². The highest BCUT2D eigenvalue weighted by molar-refractivity contribution is 7.89. The van der Waals surface area contributed by atoms with E-state index in [0.717, 1.165) is 44.5 Å². The Labute approximate surface area is 677 Å². The lowest BCUT2D eigenvalue weighted by atomic mass is 10.1. The summed E-state index contributed by atoms with van der Waals surface area (Å²) in [6.45, 7) is 32.5. The predicted molar refractivity (Wildman–Crippen MR) is 430 cm³/mol. The van der Waals surface area contributed by atoms with Gasteiger partial charge in [0.25, 0.3) is 5.91 Å². The maximum atomic E-state index is 14.6. The van der Waals surface area contributed by atoms with Crippen LogP contribution in [-0.4, -0.2) is 287 Å². The number of rotatable bonds is 37. The average molecular weight is 1640 g/mol. The highest BCUT2D eigenvalue weighted by Crippen LogP contribution is 2.27. The maximum absolute atomic E-state index is 14.6. The molecule has 1 fully saturated rings. The molecule has 0 aliphatic carbocycles. The van der Waals surface area contributed by atoms with Gasteiger partial charge in [-0.3, -0.25) is 82.0 Å². The van der Waals surface area contributed by atoms with Crippen molar-refractivity contribution in [3.63, 3.8) is 0 Å². The molecular weight excluding hydrogens is 1510 g/mol. The molecule has 8 N–H and O–H groups in total. The van der Waals surface area contributed by atoms with E-state index in [0.29, 0.717) is 37.3 Å². The molecule has 35 nitrogen and oxygen atoms in total. The zero-order valence-electron chi connectivity index (χ0n) is 70.7. The number of esters is 6. The molecule has 2 unspecified atom stereocenters. The summed E-state index contributed by atoms with van der Waals surface area (Å²) in [6.07, 6.45) is 2.35. The molecule has 36 heteroatoms. The van der Waals surface area contributed by atoms with Crippen LogP contribution in [0.3, 0.4) is 0 Å². The smallest absolute Gasteiger partial charge is 0.325 e. The summed E-state index contributed by atoms with van der Waals surface area (Å²) in [5.41, 5.74) is -2.53. The van der Waals surface area contributed by atoms with Gasteiger partial charge < -0.3 is 70.4 Å². The number of methoxy groups -OCH3 is 1. The average Bonchev–Trinajstić information content (AvgIpc) is 0.910. The van der Waals surface area contributed by atoms with E-state index in [1.807, 2.05) is 19.4 Å². The van der Waals surface area contributed by atoms with Gasteiger partial charge in [0.15, 0.2) is 5.96 Å². The van der Waals surface area contributed by atoms with E-state index in [1.54, 1.807) is 147 Å². The predicted octanol–water partition coefficient (Wildman–Crippen LogP) is 3.08. The third-order valence-corrected chi connectivity index (χ3v) is 18.9. The van der Waals surface area contributed by atoms with Gasteiger partial charge in [-0.15, -0.1) is 0 Å². The molecule has 1 aromatic heterocycles. The van der Waals surface area contributed by atoms with Crippen LogP contribution in [0.5, 0.6) is 5.75 Å². The van der Waals surface area contributed by atoms with Crippen LogP contribution in [0.1, 0.15) is 177 Å². The van der Waals surface area contributed by atoms with E-state index in [2.05, 4.69) is 52.0 Å². The van der Waals surface area contributed by atoms with E-state index in [4.69, 9.17) is 33.2 Å². The van der Waals surface area contributed by atoms with E-state index in [9.17, 15) is 61.2 Å². The number of nitrogens with zero attached hydrogens (tertiary/aromatic N) is 7. The molecule has 115 heavy (non-hydrogen) atoms. The quantitative estimate of drug-likeness (QED) is 0.0233. The fourth-order valence-corrected chi connectivity index (χ4v) is 13.9. The molecule has 3 atom stereocenters. The van der Waals surface area contributed by atoms with Crippen molar-refractivity contribution in [1.29, 1.82) is 0 Å². The number of sulfonamides is 1. The van der Waals surface area contributed by atoms with Gasteiger partial charge in [-0.25, -0.2) is 8.42 Å². The second-order valence-corrected chi connectivity index (χ2v) is 35.3. The molecule has 5 amide bonds. The van der Waals surface area contributed by atoms with Crippen molar-refractivity contribution in [3.8, 4) is 5.75 Å². The van der Waals surface area contributed by atoms with Gasteiger partial charge >= 0.3 is 35.8 Å². The Morgan fingerprint density at radius 2 is 1.02 bits per heavy atom. The van der Waals surface area contributed by atoms with E-state index in [-0.39, 0.29) is 145 Å². The van der Waals surface area contributed by atoms with Crippen LogP contribution in [0.15, 0.2) is 46.4 Å². The Balaban J connectivity index is 1.21. The van der Waals surface area contributed by atoms with E-state index < -0.39 is 128 Å². The van der Waals surface area contributed by atoms with Crippen molar-refractivity contribution >= 4 is 92.2 Å². The van der Waals surface area contributed by atoms with Gasteiger partial charge in [-0.2, -0.15) is 9.82 Å². The number of guanidine groups is 1. The number of aryl methyl sites for hydroxylation is 3. The molecule has 0 bridgehead atoms.